The molecule has 4 heteroatoms. The van der Waals surface area contributed by atoms with E-state index in [1.165, 1.54) is 7.11 Å². The number of benzene rings is 1. The van der Waals surface area contributed by atoms with E-state index in [2.05, 4.69) is 21.9 Å². The van der Waals surface area contributed by atoms with Crippen LogP contribution < -0.4 is 5.32 Å². The van der Waals surface area contributed by atoms with Gasteiger partial charge in [0.25, 0.3) is 0 Å². The zero-order chi connectivity index (χ0) is 11.8. The van der Waals surface area contributed by atoms with E-state index >= 15 is 0 Å². The Bertz CT molecular complexity index is 418. The van der Waals surface area contributed by atoms with Crippen LogP contribution in [0.2, 0.25) is 0 Å². The van der Waals surface area contributed by atoms with Crippen LogP contribution in [-0.4, -0.2) is 24.9 Å². The number of rotatable bonds is 2. The van der Waals surface area contributed by atoms with Gasteiger partial charge in [-0.2, -0.15) is 0 Å². The maximum absolute atomic E-state index is 11.0. The number of ether oxygens (including phenoxy) is 1. The molecule has 0 saturated heterocycles. The van der Waals surface area contributed by atoms with Crippen LogP contribution in [0.15, 0.2) is 24.3 Å². The zero-order valence-electron chi connectivity index (χ0n) is 8.99. The Morgan fingerprint density at radius 2 is 2.25 bits per heavy atom. The van der Waals surface area contributed by atoms with E-state index < -0.39 is 6.09 Å². The van der Waals surface area contributed by atoms with E-state index in [1.54, 1.807) is 18.2 Å². The van der Waals surface area contributed by atoms with E-state index in [1.807, 2.05) is 6.07 Å². The van der Waals surface area contributed by atoms with E-state index in [-0.39, 0.29) is 6.61 Å². The molecule has 0 fully saturated rings. The fraction of sp³-hybridized carbons (Fsp3) is 0.250. The van der Waals surface area contributed by atoms with Gasteiger partial charge in [0.15, 0.2) is 0 Å². The van der Waals surface area contributed by atoms with Gasteiger partial charge in [-0.05, 0) is 12.1 Å². The lowest BCUT2D eigenvalue weighted by Gasteiger charge is -2.05. The molecule has 2 N–H and O–H groups in total. The van der Waals surface area contributed by atoms with Crippen molar-refractivity contribution in [1.29, 1.82) is 0 Å². The minimum atomic E-state index is -0.531. The van der Waals surface area contributed by atoms with Crippen molar-refractivity contribution in [3.63, 3.8) is 0 Å². The Morgan fingerprint density at radius 1 is 1.50 bits per heavy atom. The normalized spacial score (nSPS) is 8.88. The summed E-state index contributed by atoms with van der Waals surface area (Å²) in [4.78, 5) is 11.0. The highest BCUT2D eigenvalue weighted by atomic mass is 16.5. The summed E-state index contributed by atoms with van der Waals surface area (Å²) in [5.74, 6) is 5.65. The average Bonchev–Trinajstić information content (AvgIpc) is 2.31. The third-order valence-electron chi connectivity index (χ3n) is 1.81. The fourth-order valence-electron chi connectivity index (χ4n) is 1.08. The summed E-state index contributed by atoms with van der Waals surface area (Å²) in [5.41, 5.74) is 1.29. The molecule has 0 aliphatic heterocycles. The number of aliphatic hydroxyl groups is 1. The minimum absolute atomic E-state index is 0.0274. The first-order valence-corrected chi connectivity index (χ1v) is 4.81. The lowest BCUT2D eigenvalue weighted by molar-refractivity contribution is 0.187. The number of hydrogen-bond acceptors (Lipinski definition) is 3. The standard InChI is InChI=1S/C12H13NO3/c1-16-12(15)13-11-8-3-2-6-10(11)7-4-5-9-14/h2-3,6,8,14H,5,9H2,1H3,(H,13,15). The van der Waals surface area contributed by atoms with Gasteiger partial charge in [-0.3, -0.25) is 5.32 Å². The molecule has 0 radical (unpaired) electrons. The minimum Gasteiger partial charge on any atom is -0.453 e. The van der Waals surface area contributed by atoms with E-state index in [0.717, 1.165) is 0 Å². The topological polar surface area (TPSA) is 58.6 Å². The van der Waals surface area contributed by atoms with Gasteiger partial charge in [0.1, 0.15) is 0 Å². The van der Waals surface area contributed by atoms with Crippen LogP contribution in [0.3, 0.4) is 0 Å². The molecule has 0 aliphatic carbocycles. The van der Waals surface area contributed by atoms with Crippen LogP contribution in [0.4, 0.5) is 10.5 Å². The van der Waals surface area contributed by atoms with Gasteiger partial charge in [0.05, 0.1) is 19.4 Å². The lowest BCUT2D eigenvalue weighted by atomic mass is 10.2. The van der Waals surface area contributed by atoms with Crippen molar-refractivity contribution in [3.8, 4) is 11.8 Å². The first-order valence-electron chi connectivity index (χ1n) is 4.81. The van der Waals surface area contributed by atoms with Crippen LogP contribution in [0.1, 0.15) is 12.0 Å². The van der Waals surface area contributed by atoms with Crippen LogP contribution in [-0.2, 0) is 4.74 Å². The molecule has 16 heavy (non-hydrogen) atoms. The second kappa shape index (κ2) is 6.49. The van der Waals surface area contributed by atoms with Crippen molar-refractivity contribution in [1.82, 2.24) is 0 Å². The molecule has 84 valence electrons. The smallest absolute Gasteiger partial charge is 0.411 e. The number of amides is 1. The van der Waals surface area contributed by atoms with Crippen molar-refractivity contribution in [3.05, 3.63) is 29.8 Å². The maximum atomic E-state index is 11.0. The molecule has 1 rings (SSSR count). The number of methoxy groups -OCH3 is 1. The molecule has 0 aliphatic rings. The summed E-state index contributed by atoms with van der Waals surface area (Å²) < 4.78 is 4.50. The van der Waals surface area contributed by atoms with Crippen LogP contribution in [0, 0.1) is 11.8 Å². The van der Waals surface area contributed by atoms with Gasteiger partial charge >= 0.3 is 6.09 Å². The van der Waals surface area contributed by atoms with Gasteiger partial charge in [0, 0.05) is 12.0 Å². The summed E-state index contributed by atoms with van der Waals surface area (Å²) in [6, 6.07) is 7.14. The van der Waals surface area contributed by atoms with Crippen molar-refractivity contribution >= 4 is 11.8 Å². The Hall–Kier alpha value is -1.99. The molecular formula is C12H13NO3. The van der Waals surface area contributed by atoms with Crippen LogP contribution in [0.25, 0.3) is 0 Å². The molecule has 1 aromatic carbocycles. The van der Waals surface area contributed by atoms with Crippen molar-refractivity contribution in [2.75, 3.05) is 19.0 Å². The molecule has 1 amide bonds. The number of para-hydroxylation sites is 1. The van der Waals surface area contributed by atoms with E-state index in [4.69, 9.17) is 5.11 Å². The molecule has 0 saturated carbocycles. The van der Waals surface area contributed by atoms with Crippen LogP contribution in [0.5, 0.6) is 0 Å². The Kier molecular flexibility index (Phi) is 4.90. The second-order valence-electron chi connectivity index (χ2n) is 2.94. The number of anilines is 1. The van der Waals surface area contributed by atoms with Crippen molar-refractivity contribution in [2.24, 2.45) is 0 Å². The predicted octanol–water partition coefficient (Wildman–Crippen LogP) is 1.60. The summed E-state index contributed by atoms with van der Waals surface area (Å²) in [6.45, 7) is 0.0274. The summed E-state index contributed by atoms with van der Waals surface area (Å²) in [5, 5.41) is 11.2. The first kappa shape index (κ1) is 12.1. The monoisotopic (exact) mass is 219 g/mol. The van der Waals surface area contributed by atoms with E-state index in [9.17, 15) is 4.79 Å². The molecule has 1 aromatic rings. The van der Waals surface area contributed by atoms with Gasteiger partial charge in [-0.15, -0.1) is 0 Å². The van der Waals surface area contributed by atoms with Gasteiger partial charge in [-0.25, -0.2) is 4.79 Å². The highest BCUT2D eigenvalue weighted by molar-refractivity contribution is 5.86. The summed E-state index contributed by atoms with van der Waals surface area (Å²) >= 11 is 0. The first-order chi connectivity index (χ1) is 7.77. The number of carbonyl (C=O) groups excluding carboxylic acids is 1. The van der Waals surface area contributed by atoms with Gasteiger partial charge in [-0.1, -0.05) is 24.0 Å². The summed E-state index contributed by atoms with van der Waals surface area (Å²) in [6.07, 6.45) is -0.122. The number of carbonyl (C=O) groups is 1. The third-order valence-corrected chi connectivity index (χ3v) is 1.81. The highest BCUT2D eigenvalue weighted by Gasteiger charge is 2.03. The fourth-order valence-corrected chi connectivity index (χ4v) is 1.08. The average molecular weight is 219 g/mol. The number of aliphatic hydroxyl groups excluding tert-OH is 1. The second-order valence-corrected chi connectivity index (χ2v) is 2.94. The Labute approximate surface area is 94.2 Å². The van der Waals surface area contributed by atoms with Crippen molar-refractivity contribution in [2.45, 2.75) is 6.42 Å². The molecule has 0 unspecified atom stereocenters. The van der Waals surface area contributed by atoms with Crippen LogP contribution >= 0.6 is 0 Å². The number of nitrogens with one attached hydrogen (secondary N) is 1. The molecule has 0 bridgehead atoms. The SMILES string of the molecule is COC(=O)Nc1ccccc1C#CCCO. The van der Waals surface area contributed by atoms with Crippen molar-refractivity contribution < 1.29 is 14.6 Å². The summed E-state index contributed by atoms with van der Waals surface area (Å²) in [7, 11) is 1.30. The molecular weight excluding hydrogens is 206 g/mol. The van der Waals surface area contributed by atoms with Gasteiger partial charge < -0.3 is 9.84 Å². The maximum Gasteiger partial charge on any atom is 0.411 e. The quantitative estimate of drug-likeness (QED) is 0.743. The van der Waals surface area contributed by atoms with Gasteiger partial charge in [0.2, 0.25) is 0 Å². The zero-order valence-corrected chi connectivity index (χ0v) is 8.99. The third kappa shape index (κ3) is 3.64. The highest BCUT2D eigenvalue weighted by Crippen LogP contribution is 2.13. The molecule has 4 nitrogen and oxygen atoms in total. The Balaban J connectivity index is 2.84. The molecule has 0 aromatic heterocycles. The molecule has 0 heterocycles. The molecule has 0 atom stereocenters. The van der Waals surface area contributed by atoms with E-state index in [0.29, 0.717) is 17.7 Å². The largest absolute Gasteiger partial charge is 0.453 e. The molecule has 0 spiro atoms. The predicted molar refractivity (Wildman–Crippen MR) is 61.1 cm³/mol. The lowest BCUT2D eigenvalue weighted by Crippen LogP contribution is -2.11. The Morgan fingerprint density at radius 3 is 2.94 bits per heavy atom. The number of hydrogen-bond donors (Lipinski definition) is 2.